The summed E-state index contributed by atoms with van der Waals surface area (Å²) in [5, 5.41) is 5.54. The summed E-state index contributed by atoms with van der Waals surface area (Å²) >= 11 is 6.53. The van der Waals surface area contributed by atoms with E-state index >= 15 is 0 Å². The Morgan fingerprint density at radius 3 is 2.39 bits per heavy atom. The molecule has 2 heterocycles. The standard InChI is InChI=1S/C20H32N4O2S2/c1-15(27)7-5-6-8-18(26)24-11-9-23(10-12-24)13-17(25)22-19-21-16(14-28-19)20(2,3)4/h14H,5-13H2,1-4H3,(H,21,22,25). The van der Waals surface area contributed by atoms with Gasteiger partial charge in [-0.25, -0.2) is 4.98 Å². The molecule has 0 aliphatic carbocycles. The smallest absolute Gasteiger partial charge is 0.240 e. The van der Waals surface area contributed by atoms with Gasteiger partial charge in [0, 0.05) is 43.4 Å². The number of thiazole rings is 1. The third-order valence-electron chi connectivity index (χ3n) is 4.78. The molecule has 156 valence electrons. The van der Waals surface area contributed by atoms with Crippen molar-refractivity contribution in [2.45, 2.75) is 58.8 Å². The summed E-state index contributed by atoms with van der Waals surface area (Å²) in [5.74, 6) is 0.161. The lowest BCUT2D eigenvalue weighted by Gasteiger charge is -2.34. The molecule has 1 aliphatic heterocycles. The second-order valence-electron chi connectivity index (χ2n) is 8.40. The summed E-state index contributed by atoms with van der Waals surface area (Å²) in [6, 6.07) is 0. The molecule has 0 radical (unpaired) electrons. The average Bonchev–Trinajstić information content (AvgIpc) is 3.07. The van der Waals surface area contributed by atoms with Gasteiger partial charge in [0.05, 0.1) is 12.2 Å². The van der Waals surface area contributed by atoms with E-state index in [1.165, 1.54) is 11.3 Å². The minimum absolute atomic E-state index is 0.0230. The highest BCUT2D eigenvalue weighted by atomic mass is 32.1. The Bertz CT molecular complexity index is 689. The van der Waals surface area contributed by atoms with Gasteiger partial charge in [-0.3, -0.25) is 14.5 Å². The van der Waals surface area contributed by atoms with Gasteiger partial charge in [-0.1, -0.05) is 33.0 Å². The minimum atomic E-state index is -0.0508. The molecular weight excluding hydrogens is 392 g/mol. The van der Waals surface area contributed by atoms with Crippen LogP contribution in [0.5, 0.6) is 0 Å². The maximum absolute atomic E-state index is 12.3. The van der Waals surface area contributed by atoms with Crippen molar-refractivity contribution in [3.05, 3.63) is 11.1 Å². The predicted molar refractivity (Wildman–Crippen MR) is 119 cm³/mol. The van der Waals surface area contributed by atoms with Crippen molar-refractivity contribution in [2.24, 2.45) is 0 Å². The first kappa shape index (κ1) is 22.9. The zero-order valence-electron chi connectivity index (χ0n) is 17.4. The van der Waals surface area contributed by atoms with Crippen LogP contribution in [0.3, 0.4) is 0 Å². The van der Waals surface area contributed by atoms with Crippen molar-refractivity contribution in [1.82, 2.24) is 14.8 Å². The highest BCUT2D eigenvalue weighted by Crippen LogP contribution is 2.26. The lowest BCUT2D eigenvalue weighted by atomic mass is 9.93. The Kier molecular flexibility index (Phi) is 8.52. The first-order valence-electron chi connectivity index (χ1n) is 9.90. The van der Waals surface area contributed by atoms with E-state index in [9.17, 15) is 9.59 Å². The normalized spacial score (nSPS) is 15.5. The topological polar surface area (TPSA) is 65.5 Å². The molecule has 1 aromatic heterocycles. The first-order valence-corrected chi connectivity index (χ1v) is 11.2. The Hall–Kier alpha value is -1.38. The summed E-state index contributed by atoms with van der Waals surface area (Å²) in [6.45, 7) is 11.4. The largest absolute Gasteiger partial charge is 0.340 e. The van der Waals surface area contributed by atoms with Gasteiger partial charge < -0.3 is 10.2 Å². The molecule has 1 aromatic rings. The van der Waals surface area contributed by atoms with Gasteiger partial charge in [0.25, 0.3) is 0 Å². The third-order valence-corrected chi connectivity index (χ3v) is 5.74. The summed E-state index contributed by atoms with van der Waals surface area (Å²) in [7, 11) is 0. The quantitative estimate of drug-likeness (QED) is 0.511. The van der Waals surface area contributed by atoms with E-state index in [1.54, 1.807) is 0 Å². The van der Waals surface area contributed by atoms with Crippen molar-refractivity contribution in [2.75, 3.05) is 38.0 Å². The number of carbonyl (C=O) groups is 2. The Balaban J connectivity index is 1.69. The molecule has 8 heteroatoms. The molecule has 0 unspecified atom stereocenters. The number of hydrogen-bond acceptors (Lipinski definition) is 6. The van der Waals surface area contributed by atoms with Crippen LogP contribution >= 0.6 is 23.6 Å². The zero-order chi connectivity index (χ0) is 20.7. The van der Waals surface area contributed by atoms with Gasteiger partial charge in [-0.2, -0.15) is 0 Å². The van der Waals surface area contributed by atoms with E-state index < -0.39 is 0 Å². The van der Waals surface area contributed by atoms with Crippen molar-refractivity contribution in [3.8, 4) is 0 Å². The van der Waals surface area contributed by atoms with Gasteiger partial charge >= 0.3 is 0 Å². The van der Waals surface area contributed by atoms with Crippen LogP contribution in [-0.2, 0) is 15.0 Å². The van der Waals surface area contributed by atoms with E-state index in [-0.39, 0.29) is 17.2 Å². The number of anilines is 1. The van der Waals surface area contributed by atoms with Crippen molar-refractivity contribution in [1.29, 1.82) is 0 Å². The van der Waals surface area contributed by atoms with Crippen LogP contribution in [-0.4, -0.2) is 64.2 Å². The molecule has 1 N–H and O–H groups in total. The predicted octanol–water partition coefficient (Wildman–Crippen LogP) is 3.47. The molecule has 0 spiro atoms. The third kappa shape index (κ3) is 7.56. The van der Waals surface area contributed by atoms with E-state index in [4.69, 9.17) is 12.2 Å². The van der Waals surface area contributed by atoms with Crippen LogP contribution in [0.4, 0.5) is 5.13 Å². The maximum atomic E-state index is 12.3. The van der Waals surface area contributed by atoms with Crippen molar-refractivity contribution >= 4 is 45.4 Å². The molecule has 0 bridgehead atoms. The second kappa shape index (κ2) is 10.4. The Morgan fingerprint density at radius 2 is 1.82 bits per heavy atom. The Labute approximate surface area is 177 Å². The molecule has 0 aromatic carbocycles. The van der Waals surface area contributed by atoms with E-state index in [2.05, 4.69) is 36.0 Å². The number of unbranched alkanes of at least 4 members (excludes halogenated alkanes) is 1. The van der Waals surface area contributed by atoms with Gasteiger partial charge in [0.15, 0.2) is 5.13 Å². The number of piperazine rings is 1. The SMILES string of the molecule is CC(=S)CCCCC(=O)N1CCN(CC(=O)Nc2nc(C(C)(C)C)cs2)CC1. The van der Waals surface area contributed by atoms with Crippen LogP contribution in [0.1, 0.15) is 59.1 Å². The van der Waals surface area contributed by atoms with Crippen LogP contribution in [0.25, 0.3) is 0 Å². The fourth-order valence-corrected chi connectivity index (χ4v) is 4.10. The summed E-state index contributed by atoms with van der Waals surface area (Å²) in [6.07, 6.45) is 3.37. The first-order chi connectivity index (χ1) is 13.1. The van der Waals surface area contributed by atoms with Gasteiger partial charge in [0.2, 0.25) is 11.8 Å². The Morgan fingerprint density at radius 1 is 1.18 bits per heavy atom. The molecule has 1 fully saturated rings. The van der Waals surface area contributed by atoms with Gasteiger partial charge in [0.1, 0.15) is 0 Å². The molecular formula is C20H32N4O2S2. The molecule has 2 rings (SSSR count). The fourth-order valence-electron chi connectivity index (χ4n) is 3.00. The van der Waals surface area contributed by atoms with E-state index in [0.717, 1.165) is 42.9 Å². The average molecular weight is 425 g/mol. The van der Waals surface area contributed by atoms with Crippen LogP contribution in [0.15, 0.2) is 5.38 Å². The van der Waals surface area contributed by atoms with Crippen LogP contribution in [0.2, 0.25) is 0 Å². The van der Waals surface area contributed by atoms with Crippen LogP contribution < -0.4 is 5.32 Å². The number of hydrogen-bond donors (Lipinski definition) is 1. The molecule has 1 aliphatic rings. The van der Waals surface area contributed by atoms with Gasteiger partial charge in [-0.05, 0) is 31.1 Å². The maximum Gasteiger partial charge on any atom is 0.240 e. The highest BCUT2D eigenvalue weighted by molar-refractivity contribution is 7.80. The number of carbonyl (C=O) groups excluding carboxylic acids is 2. The highest BCUT2D eigenvalue weighted by Gasteiger charge is 2.23. The fraction of sp³-hybridized carbons (Fsp3) is 0.700. The number of thiocarbonyl (C=S) groups is 1. The van der Waals surface area contributed by atoms with Gasteiger partial charge in [-0.15, -0.1) is 11.3 Å². The summed E-state index contributed by atoms with van der Waals surface area (Å²) in [5.41, 5.74) is 0.964. The number of rotatable bonds is 8. The number of amides is 2. The summed E-state index contributed by atoms with van der Waals surface area (Å²) in [4.78, 5) is 34.1. The van der Waals surface area contributed by atoms with E-state index in [1.807, 2.05) is 17.2 Å². The lowest BCUT2D eigenvalue weighted by molar-refractivity contribution is -0.133. The zero-order valence-corrected chi connectivity index (χ0v) is 19.0. The number of nitrogens with zero attached hydrogens (tertiary/aromatic N) is 3. The number of nitrogens with one attached hydrogen (secondary N) is 1. The lowest BCUT2D eigenvalue weighted by Crippen LogP contribution is -2.50. The monoisotopic (exact) mass is 424 g/mol. The molecule has 0 saturated carbocycles. The molecule has 0 atom stereocenters. The number of aromatic nitrogens is 1. The minimum Gasteiger partial charge on any atom is -0.340 e. The van der Waals surface area contributed by atoms with Crippen LogP contribution in [0, 0.1) is 0 Å². The van der Waals surface area contributed by atoms with Crippen molar-refractivity contribution in [3.63, 3.8) is 0 Å². The molecule has 28 heavy (non-hydrogen) atoms. The van der Waals surface area contributed by atoms with E-state index in [0.29, 0.717) is 31.2 Å². The second-order valence-corrected chi connectivity index (χ2v) is 9.96. The molecule has 2 amide bonds. The molecule has 1 saturated heterocycles. The summed E-state index contributed by atoms with van der Waals surface area (Å²) < 4.78 is 0. The molecule has 6 nitrogen and oxygen atoms in total. The van der Waals surface area contributed by atoms with Crippen molar-refractivity contribution < 1.29 is 9.59 Å².